The van der Waals surface area contributed by atoms with Gasteiger partial charge < -0.3 is 10.2 Å². The maximum atomic E-state index is 13.0. The Hall–Kier alpha value is -1.42. The second-order valence-electron chi connectivity index (χ2n) is 5.55. The van der Waals surface area contributed by atoms with E-state index in [1.54, 1.807) is 6.92 Å². The molecule has 1 aromatic carbocycles. The van der Waals surface area contributed by atoms with Crippen molar-refractivity contribution in [3.05, 3.63) is 35.6 Å². The van der Waals surface area contributed by atoms with Crippen molar-refractivity contribution in [1.82, 2.24) is 10.2 Å². The van der Waals surface area contributed by atoms with E-state index in [-0.39, 0.29) is 11.7 Å². The molecule has 1 N–H and O–H groups in total. The van der Waals surface area contributed by atoms with Gasteiger partial charge in [-0.25, -0.2) is 4.39 Å². The lowest BCUT2D eigenvalue weighted by molar-refractivity contribution is -0.130. The highest BCUT2D eigenvalue weighted by Crippen LogP contribution is 2.39. The average molecular weight is 262 g/mol. The fourth-order valence-electron chi connectivity index (χ4n) is 3.57. The fraction of sp³-hybridized carbons (Fsp3) is 0.533. The lowest BCUT2D eigenvalue weighted by Gasteiger charge is -2.32. The smallest absolute Gasteiger partial charge is 0.219 e. The second-order valence-corrected chi connectivity index (χ2v) is 5.55. The topological polar surface area (TPSA) is 32.3 Å². The summed E-state index contributed by atoms with van der Waals surface area (Å²) >= 11 is 0. The van der Waals surface area contributed by atoms with Gasteiger partial charge in [0.25, 0.3) is 0 Å². The minimum Gasteiger partial charge on any atom is -0.339 e. The van der Waals surface area contributed by atoms with E-state index in [2.05, 4.69) is 5.32 Å². The molecule has 3 rings (SSSR count). The van der Waals surface area contributed by atoms with E-state index in [0.29, 0.717) is 17.9 Å². The third kappa shape index (κ3) is 2.25. The molecule has 0 aliphatic carbocycles. The van der Waals surface area contributed by atoms with Crippen molar-refractivity contribution in [1.29, 1.82) is 0 Å². The molecule has 2 aliphatic rings. The third-order valence-corrected chi connectivity index (χ3v) is 4.50. The van der Waals surface area contributed by atoms with Gasteiger partial charge in [-0.3, -0.25) is 4.79 Å². The summed E-state index contributed by atoms with van der Waals surface area (Å²) in [5, 5.41) is 3.41. The minimum absolute atomic E-state index is 0.154. The molecule has 1 aromatic rings. The van der Waals surface area contributed by atoms with Crippen LogP contribution in [0.3, 0.4) is 0 Å². The Balaban J connectivity index is 1.89. The summed E-state index contributed by atoms with van der Waals surface area (Å²) in [5.41, 5.74) is 1.14. The normalized spacial score (nSPS) is 30.2. The summed E-state index contributed by atoms with van der Waals surface area (Å²) in [6.45, 7) is 4.32. The molecule has 2 unspecified atom stereocenters. The number of hydrogen-bond donors (Lipinski definition) is 1. The molecule has 2 saturated heterocycles. The Bertz CT molecular complexity index is 474. The summed E-state index contributed by atoms with van der Waals surface area (Å²) in [6, 6.07) is 7.08. The standard InChI is InChI=1S/C15H19FN2O/c1-10(19)18-9-14(11-2-4-12(16)5-3-11)13-8-17-7-6-15(13)18/h2-5,13-15,17H,6-9H2,1H3/t13?,14-,15?/m1/s1. The van der Waals surface area contributed by atoms with E-state index in [1.807, 2.05) is 17.0 Å². The first-order valence-electron chi connectivity index (χ1n) is 6.90. The highest BCUT2D eigenvalue weighted by molar-refractivity contribution is 5.74. The number of hydrogen-bond acceptors (Lipinski definition) is 2. The zero-order valence-electron chi connectivity index (χ0n) is 11.1. The van der Waals surface area contributed by atoms with Gasteiger partial charge in [-0.05, 0) is 30.7 Å². The highest BCUT2D eigenvalue weighted by atomic mass is 19.1. The first-order chi connectivity index (χ1) is 9.16. The molecular formula is C15H19FN2O. The number of halogens is 1. The maximum Gasteiger partial charge on any atom is 0.219 e. The van der Waals surface area contributed by atoms with E-state index < -0.39 is 0 Å². The first-order valence-corrected chi connectivity index (χ1v) is 6.90. The number of carbonyl (C=O) groups excluding carboxylic acids is 1. The van der Waals surface area contributed by atoms with Crippen LogP contribution in [0.4, 0.5) is 4.39 Å². The molecule has 3 atom stereocenters. The quantitative estimate of drug-likeness (QED) is 0.836. The SMILES string of the molecule is CC(=O)N1C[C@H](c2ccc(F)cc2)C2CNCCC21. The predicted octanol–water partition coefficient (Wildman–Crippen LogP) is 1.75. The van der Waals surface area contributed by atoms with Crippen LogP contribution in [-0.2, 0) is 4.79 Å². The van der Waals surface area contributed by atoms with Crippen LogP contribution < -0.4 is 5.32 Å². The summed E-state index contributed by atoms with van der Waals surface area (Å²) in [6.07, 6.45) is 1.02. The average Bonchev–Trinajstić information content (AvgIpc) is 2.79. The van der Waals surface area contributed by atoms with E-state index in [1.165, 1.54) is 12.1 Å². The van der Waals surface area contributed by atoms with Crippen molar-refractivity contribution in [2.45, 2.75) is 25.3 Å². The lowest BCUT2D eigenvalue weighted by Crippen LogP contribution is -2.45. The number of piperidine rings is 1. The van der Waals surface area contributed by atoms with Crippen LogP contribution in [0.2, 0.25) is 0 Å². The largest absolute Gasteiger partial charge is 0.339 e. The predicted molar refractivity (Wildman–Crippen MR) is 71.3 cm³/mol. The van der Waals surface area contributed by atoms with Gasteiger partial charge in [-0.15, -0.1) is 0 Å². The van der Waals surface area contributed by atoms with Gasteiger partial charge in [-0.2, -0.15) is 0 Å². The van der Waals surface area contributed by atoms with Gasteiger partial charge in [0.2, 0.25) is 5.91 Å². The molecule has 19 heavy (non-hydrogen) atoms. The number of amides is 1. The monoisotopic (exact) mass is 262 g/mol. The van der Waals surface area contributed by atoms with E-state index in [4.69, 9.17) is 0 Å². The van der Waals surface area contributed by atoms with Crippen LogP contribution in [0, 0.1) is 11.7 Å². The second kappa shape index (κ2) is 4.93. The molecule has 0 radical (unpaired) electrons. The molecule has 2 heterocycles. The third-order valence-electron chi connectivity index (χ3n) is 4.50. The molecule has 2 aliphatic heterocycles. The summed E-state index contributed by atoms with van der Waals surface area (Å²) < 4.78 is 13.0. The van der Waals surface area contributed by atoms with Crippen LogP contribution in [-0.4, -0.2) is 36.5 Å². The number of fused-ring (bicyclic) bond motifs is 1. The van der Waals surface area contributed by atoms with Crippen LogP contribution >= 0.6 is 0 Å². The zero-order chi connectivity index (χ0) is 13.4. The number of likely N-dealkylation sites (tertiary alicyclic amines) is 1. The Morgan fingerprint density at radius 2 is 2.11 bits per heavy atom. The number of carbonyl (C=O) groups is 1. The van der Waals surface area contributed by atoms with Crippen molar-refractivity contribution in [3.63, 3.8) is 0 Å². The molecule has 0 spiro atoms. The van der Waals surface area contributed by atoms with Crippen molar-refractivity contribution < 1.29 is 9.18 Å². The van der Waals surface area contributed by atoms with Gasteiger partial charge in [0, 0.05) is 37.9 Å². The van der Waals surface area contributed by atoms with Gasteiger partial charge >= 0.3 is 0 Å². The Morgan fingerprint density at radius 3 is 2.79 bits per heavy atom. The van der Waals surface area contributed by atoms with Crippen molar-refractivity contribution >= 4 is 5.91 Å². The van der Waals surface area contributed by atoms with E-state index in [9.17, 15) is 9.18 Å². The molecular weight excluding hydrogens is 243 g/mol. The molecule has 0 bridgehead atoms. The van der Waals surface area contributed by atoms with E-state index in [0.717, 1.165) is 31.6 Å². The number of rotatable bonds is 1. The van der Waals surface area contributed by atoms with Crippen LogP contribution in [0.25, 0.3) is 0 Å². The molecule has 3 nitrogen and oxygen atoms in total. The maximum absolute atomic E-state index is 13.0. The van der Waals surface area contributed by atoms with Crippen molar-refractivity contribution in [3.8, 4) is 0 Å². The first kappa shape index (κ1) is 12.6. The van der Waals surface area contributed by atoms with E-state index >= 15 is 0 Å². The lowest BCUT2D eigenvalue weighted by atomic mass is 9.82. The van der Waals surface area contributed by atoms with Gasteiger partial charge in [0.15, 0.2) is 0 Å². The Kier molecular flexibility index (Phi) is 3.27. The summed E-state index contributed by atoms with van der Waals surface area (Å²) in [4.78, 5) is 13.8. The Labute approximate surface area is 112 Å². The van der Waals surface area contributed by atoms with Gasteiger partial charge in [0.1, 0.15) is 5.82 Å². The molecule has 0 saturated carbocycles. The molecule has 2 fully saturated rings. The van der Waals surface area contributed by atoms with Crippen molar-refractivity contribution in [2.24, 2.45) is 5.92 Å². The molecule has 102 valence electrons. The Morgan fingerprint density at radius 1 is 1.37 bits per heavy atom. The number of nitrogens with zero attached hydrogens (tertiary/aromatic N) is 1. The zero-order valence-corrected chi connectivity index (χ0v) is 11.1. The minimum atomic E-state index is -0.205. The van der Waals surface area contributed by atoms with Crippen molar-refractivity contribution in [2.75, 3.05) is 19.6 Å². The molecule has 1 amide bonds. The summed E-state index contributed by atoms with van der Waals surface area (Å²) in [5.74, 6) is 0.718. The molecule has 4 heteroatoms. The molecule has 0 aromatic heterocycles. The van der Waals surface area contributed by atoms with Gasteiger partial charge in [0.05, 0.1) is 0 Å². The van der Waals surface area contributed by atoms with Crippen LogP contribution in [0.5, 0.6) is 0 Å². The van der Waals surface area contributed by atoms with Crippen LogP contribution in [0.15, 0.2) is 24.3 Å². The number of nitrogens with one attached hydrogen (secondary N) is 1. The van der Waals surface area contributed by atoms with Gasteiger partial charge in [-0.1, -0.05) is 12.1 Å². The van der Waals surface area contributed by atoms with Crippen LogP contribution in [0.1, 0.15) is 24.8 Å². The fourth-order valence-corrected chi connectivity index (χ4v) is 3.57. The summed E-state index contributed by atoms with van der Waals surface area (Å²) in [7, 11) is 0. The number of benzene rings is 1. The highest BCUT2D eigenvalue weighted by Gasteiger charge is 2.44.